The van der Waals surface area contributed by atoms with Gasteiger partial charge >= 0.3 is 0 Å². The Hall–Kier alpha value is -3.77. The lowest BCUT2D eigenvalue weighted by molar-refractivity contribution is 0.0929. The molecule has 0 bridgehead atoms. The van der Waals surface area contributed by atoms with Crippen LogP contribution in [0.3, 0.4) is 0 Å². The molecule has 0 fully saturated rings. The molecule has 0 aliphatic heterocycles. The minimum Gasteiger partial charge on any atom is -0.396 e. The second kappa shape index (κ2) is 10.4. The first-order valence-electron chi connectivity index (χ1n) is 11.6. The van der Waals surface area contributed by atoms with Crippen molar-refractivity contribution in [2.45, 2.75) is 39.3 Å². The van der Waals surface area contributed by atoms with Gasteiger partial charge in [-0.1, -0.05) is 66.2 Å². The van der Waals surface area contributed by atoms with E-state index in [0.717, 1.165) is 16.7 Å². The van der Waals surface area contributed by atoms with Crippen molar-refractivity contribution in [3.63, 3.8) is 0 Å². The predicted molar refractivity (Wildman–Crippen MR) is 135 cm³/mol. The highest BCUT2D eigenvalue weighted by atomic mass is 16.3. The van der Waals surface area contributed by atoms with Crippen LogP contribution in [0, 0.1) is 6.92 Å². The normalized spacial score (nSPS) is 12.0. The molecule has 1 amide bonds. The predicted octanol–water partition coefficient (Wildman–Crippen LogP) is 4.64. The number of hydrogen-bond acceptors (Lipinski definition) is 4. The van der Waals surface area contributed by atoms with Crippen LogP contribution in [0.15, 0.2) is 77.7 Å². The van der Waals surface area contributed by atoms with E-state index < -0.39 is 0 Å². The number of carbonyl (C=O) groups excluding carboxylic acids is 1. The molecular weight excluding hydrogens is 426 g/mol. The molecule has 4 aromatic rings. The summed E-state index contributed by atoms with van der Waals surface area (Å²) in [5.41, 5.74) is 3.95. The quantitative estimate of drug-likeness (QED) is 0.379. The molecule has 2 aromatic carbocycles. The highest BCUT2D eigenvalue weighted by Gasteiger charge is 2.25. The summed E-state index contributed by atoms with van der Waals surface area (Å²) < 4.78 is 1.52. The van der Waals surface area contributed by atoms with E-state index in [1.165, 1.54) is 4.57 Å². The van der Waals surface area contributed by atoms with Gasteiger partial charge in [-0.15, -0.1) is 0 Å². The van der Waals surface area contributed by atoms with Crippen LogP contribution in [0.4, 0.5) is 0 Å². The molecule has 0 saturated heterocycles. The van der Waals surface area contributed by atoms with E-state index in [4.69, 9.17) is 0 Å². The fourth-order valence-electron chi connectivity index (χ4n) is 4.20. The monoisotopic (exact) mass is 455 g/mol. The van der Waals surface area contributed by atoms with Crippen molar-refractivity contribution in [1.82, 2.24) is 14.9 Å². The maximum absolute atomic E-state index is 13.8. The Labute approximate surface area is 198 Å². The van der Waals surface area contributed by atoms with Crippen molar-refractivity contribution >= 4 is 16.8 Å². The highest BCUT2D eigenvalue weighted by Crippen LogP contribution is 2.31. The summed E-state index contributed by atoms with van der Waals surface area (Å²) >= 11 is 0. The van der Waals surface area contributed by atoms with Gasteiger partial charge in [0.1, 0.15) is 11.2 Å². The lowest BCUT2D eigenvalue weighted by Crippen LogP contribution is -2.35. The summed E-state index contributed by atoms with van der Waals surface area (Å²) in [7, 11) is 0. The first-order valence-corrected chi connectivity index (χ1v) is 11.6. The number of rotatable bonds is 8. The van der Waals surface area contributed by atoms with E-state index in [1.807, 2.05) is 74.5 Å². The summed E-state index contributed by atoms with van der Waals surface area (Å²) in [5.74, 6) is -0.321. The zero-order chi connectivity index (χ0) is 24.1. The molecule has 0 aliphatic rings. The first-order chi connectivity index (χ1) is 16.5. The second-order valence-electron chi connectivity index (χ2n) is 8.48. The number of benzene rings is 2. The Morgan fingerprint density at radius 3 is 2.47 bits per heavy atom. The third-order valence-corrected chi connectivity index (χ3v) is 6.02. The summed E-state index contributed by atoms with van der Waals surface area (Å²) in [6.45, 7) is 4.27. The Balaban J connectivity index is 1.93. The lowest BCUT2D eigenvalue weighted by Gasteiger charge is -2.21. The Morgan fingerprint density at radius 1 is 1.03 bits per heavy atom. The van der Waals surface area contributed by atoms with E-state index in [2.05, 4.69) is 10.3 Å². The van der Waals surface area contributed by atoms with E-state index in [1.54, 1.807) is 12.3 Å². The lowest BCUT2D eigenvalue weighted by atomic mass is 9.96. The third kappa shape index (κ3) is 4.77. The molecule has 2 heterocycles. The Morgan fingerprint density at radius 2 is 1.76 bits per heavy atom. The maximum atomic E-state index is 13.8. The van der Waals surface area contributed by atoms with Crippen molar-refractivity contribution in [1.29, 1.82) is 0 Å². The minimum absolute atomic E-state index is 0.0258. The molecule has 34 heavy (non-hydrogen) atoms. The van der Waals surface area contributed by atoms with E-state index in [0.29, 0.717) is 41.5 Å². The van der Waals surface area contributed by atoms with E-state index >= 15 is 0 Å². The Kier molecular flexibility index (Phi) is 7.18. The summed E-state index contributed by atoms with van der Waals surface area (Å²) in [6, 6.07) is 21.0. The molecule has 0 saturated carbocycles. The molecule has 0 spiro atoms. The standard InChI is InChI=1S/C28H29N3O3/c1-19-12-14-22(15-13-19)24-23-11-8-16-29-25(23)28(34)31(17-6-7-18-32)26(24)27(33)30-20(2)21-9-4-3-5-10-21/h3-5,8-16,20,32H,6-7,17-18H2,1-2H3,(H,30,33)/t20-/m0/s1. The second-order valence-corrected chi connectivity index (χ2v) is 8.48. The number of aryl methyl sites for hydroxylation is 1. The number of aliphatic hydroxyl groups excluding tert-OH is 1. The van der Waals surface area contributed by atoms with Gasteiger partial charge in [0.15, 0.2) is 0 Å². The van der Waals surface area contributed by atoms with Crippen LogP contribution >= 0.6 is 0 Å². The molecule has 174 valence electrons. The molecule has 2 N–H and O–H groups in total. The van der Waals surface area contributed by atoms with Crippen LogP contribution in [0.1, 0.15) is 47.4 Å². The van der Waals surface area contributed by atoms with Gasteiger partial charge in [-0.05, 0) is 43.9 Å². The zero-order valence-electron chi connectivity index (χ0n) is 19.5. The van der Waals surface area contributed by atoms with Gasteiger partial charge in [0.25, 0.3) is 11.5 Å². The van der Waals surface area contributed by atoms with Gasteiger partial charge in [-0.25, -0.2) is 0 Å². The molecule has 0 unspecified atom stereocenters. The highest BCUT2D eigenvalue weighted by molar-refractivity contribution is 6.07. The van der Waals surface area contributed by atoms with E-state index in [-0.39, 0.29) is 24.1 Å². The van der Waals surface area contributed by atoms with Gasteiger partial charge in [0.05, 0.1) is 6.04 Å². The van der Waals surface area contributed by atoms with Crippen LogP contribution in [0.25, 0.3) is 22.0 Å². The van der Waals surface area contributed by atoms with Gasteiger partial charge < -0.3 is 15.0 Å². The van der Waals surface area contributed by atoms with Crippen LogP contribution in [-0.2, 0) is 6.54 Å². The minimum atomic E-state index is -0.321. The third-order valence-electron chi connectivity index (χ3n) is 6.02. The van der Waals surface area contributed by atoms with Crippen molar-refractivity contribution in [2.24, 2.45) is 0 Å². The molecule has 2 aromatic heterocycles. The van der Waals surface area contributed by atoms with Crippen molar-refractivity contribution in [3.8, 4) is 11.1 Å². The van der Waals surface area contributed by atoms with Crippen LogP contribution < -0.4 is 10.9 Å². The number of fused-ring (bicyclic) bond motifs is 1. The summed E-state index contributed by atoms with van der Waals surface area (Å²) in [5, 5.41) is 13.0. The van der Waals surface area contributed by atoms with Gasteiger partial charge in [0, 0.05) is 30.3 Å². The SMILES string of the molecule is Cc1ccc(-c2c(C(=O)N[C@@H](C)c3ccccc3)n(CCCCO)c(=O)c3ncccc23)cc1. The maximum Gasteiger partial charge on any atom is 0.277 e. The number of pyridine rings is 2. The summed E-state index contributed by atoms with van der Waals surface area (Å²) in [6.07, 6.45) is 2.70. The smallest absolute Gasteiger partial charge is 0.277 e. The molecule has 6 nitrogen and oxygen atoms in total. The number of nitrogens with one attached hydrogen (secondary N) is 1. The molecule has 6 heteroatoms. The number of nitrogens with zero attached hydrogens (tertiary/aromatic N) is 2. The molecule has 4 rings (SSSR count). The van der Waals surface area contributed by atoms with Gasteiger partial charge in [-0.3, -0.25) is 14.6 Å². The number of aliphatic hydroxyl groups is 1. The van der Waals surface area contributed by atoms with Gasteiger partial charge in [-0.2, -0.15) is 0 Å². The van der Waals surface area contributed by atoms with Crippen LogP contribution in [0.5, 0.6) is 0 Å². The van der Waals surface area contributed by atoms with Gasteiger partial charge in [0.2, 0.25) is 0 Å². The largest absolute Gasteiger partial charge is 0.396 e. The fourth-order valence-corrected chi connectivity index (χ4v) is 4.20. The van der Waals surface area contributed by atoms with Crippen LogP contribution in [0.2, 0.25) is 0 Å². The topological polar surface area (TPSA) is 84.2 Å². The van der Waals surface area contributed by atoms with Crippen molar-refractivity contribution in [3.05, 3.63) is 100 Å². The van der Waals surface area contributed by atoms with Crippen molar-refractivity contribution < 1.29 is 9.90 Å². The average molecular weight is 456 g/mol. The fraction of sp³-hybridized carbons (Fsp3) is 0.250. The van der Waals surface area contributed by atoms with Crippen LogP contribution in [-0.4, -0.2) is 27.2 Å². The number of amides is 1. The first kappa shape index (κ1) is 23.4. The molecule has 0 aliphatic carbocycles. The number of hydrogen-bond donors (Lipinski definition) is 2. The van der Waals surface area contributed by atoms with Crippen molar-refractivity contribution in [2.75, 3.05) is 6.61 Å². The molecule has 0 radical (unpaired) electrons. The molecular formula is C28H29N3O3. The number of carbonyl (C=O) groups is 1. The van der Waals surface area contributed by atoms with E-state index in [9.17, 15) is 14.7 Å². The molecule has 1 atom stereocenters. The number of unbranched alkanes of at least 4 members (excludes halogenated alkanes) is 1. The zero-order valence-corrected chi connectivity index (χ0v) is 19.5. The Bertz CT molecular complexity index is 1350. The number of aromatic nitrogens is 2. The summed E-state index contributed by atoms with van der Waals surface area (Å²) in [4.78, 5) is 31.7. The average Bonchev–Trinajstić information content (AvgIpc) is 2.86.